The molecule has 128 valence electrons. The molecule has 0 saturated heterocycles. The average molecular weight is 322 g/mol. The summed E-state index contributed by atoms with van der Waals surface area (Å²) < 4.78 is 4.95. The molecule has 0 aromatic carbocycles. The lowest BCUT2D eigenvalue weighted by Gasteiger charge is -2.19. The van der Waals surface area contributed by atoms with Gasteiger partial charge in [-0.25, -0.2) is 4.79 Å². The lowest BCUT2D eigenvalue weighted by Crippen LogP contribution is -2.34. The lowest BCUT2D eigenvalue weighted by atomic mass is 10.2. The van der Waals surface area contributed by atoms with Crippen LogP contribution < -0.4 is 5.32 Å². The number of alkyl carbamates (subject to hydrolysis) is 1. The van der Waals surface area contributed by atoms with Crippen LogP contribution in [0.2, 0.25) is 0 Å². The van der Waals surface area contributed by atoms with Gasteiger partial charge >= 0.3 is 6.09 Å². The molecule has 4 nitrogen and oxygen atoms in total. The molecular weight excluding hydrogens is 286 g/mol. The number of nitrogens with one attached hydrogen (secondary N) is 1. The third-order valence-corrected chi connectivity index (χ3v) is 2.17. The molecule has 21 heavy (non-hydrogen) atoms. The highest BCUT2D eigenvalue weighted by molar-refractivity contribution is 8.13. The molecule has 5 heteroatoms. The van der Waals surface area contributed by atoms with E-state index in [1.807, 2.05) is 46.8 Å². The third kappa shape index (κ3) is 32.5. The van der Waals surface area contributed by atoms with Crippen LogP contribution >= 0.6 is 11.8 Å². The van der Waals surface area contributed by atoms with E-state index in [1.165, 1.54) is 11.8 Å². The van der Waals surface area contributed by atoms with Gasteiger partial charge in [0.15, 0.2) is 0 Å². The van der Waals surface area contributed by atoms with Gasteiger partial charge in [-0.3, -0.25) is 4.79 Å². The molecule has 1 amide bonds. The number of hydrogen-bond acceptors (Lipinski definition) is 4. The maximum Gasteiger partial charge on any atom is 0.408 e. The van der Waals surface area contributed by atoms with Crippen LogP contribution in [0.5, 0.6) is 0 Å². The number of carbonyl (C=O) groups is 2. The third-order valence-electron chi connectivity index (χ3n) is 1.41. The van der Waals surface area contributed by atoms with Crippen molar-refractivity contribution >= 4 is 23.0 Å². The first-order valence-electron chi connectivity index (χ1n) is 6.96. The van der Waals surface area contributed by atoms with E-state index in [2.05, 4.69) is 5.32 Å². The molecule has 0 radical (unpaired) electrons. The number of allylic oxidation sites excluding steroid dienone is 2. The van der Waals surface area contributed by atoms with Gasteiger partial charge in [0, 0.05) is 0 Å². The summed E-state index contributed by atoms with van der Waals surface area (Å²) in [4.78, 5) is 22.1. The summed E-state index contributed by atoms with van der Waals surface area (Å²) in [6, 6.07) is 0. The van der Waals surface area contributed by atoms with Gasteiger partial charge in [-0.15, -0.1) is 0 Å². The molecule has 0 spiro atoms. The second kappa shape index (κ2) is 19.0. The SMILES string of the molecule is C.CC.CC=CC.CCSC(=O)CNC(=O)OC(C)(C)C. The summed E-state index contributed by atoms with van der Waals surface area (Å²) in [7, 11) is 0. The highest BCUT2D eigenvalue weighted by atomic mass is 32.2. The highest BCUT2D eigenvalue weighted by Crippen LogP contribution is 2.06. The van der Waals surface area contributed by atoms with Crippen molar-refractivity contribution in [3.8, 4) is 0 Å². The van der Waals surface area contributed by atoms with Crippen LogP contribution in [0.25, 0.3) is 0 Å². The summed E-state index contributed by atoms with van der Waals surface area (Å²) in [6.07, 6.45) is 3.45. The molecule has 0 aliphatic carbocycles. The zero-order valence-electron chi connectivity index (χ0n) is 14.2. The average Bonchev–Trinajstić information content (AvgIpc) is 2.37. The van der Waals surface area contributed by atoms with Gasteiger partial charge in [0.05, 0.1) is 6.54 Å². The van der Waals surface area contributed by atoms with Crippen LogP contribution in [0.4, 0.5) is 4.79 Å². The van der Waals surface area contributed by atoms with Gasteiger partial charge in [-0.1, -0.05) is 52.1 Å². The number of hydrogen-bond donors (Lipinski definition) is 1. The minimum Gasteiger partial charge on any atom is -0.444 e. The largest absolute Gasteiger partial charge is 0.444 e. The lowest BCUT2D eigenvalue weighted by molar-refractivity contribution is -0.110. The molecular formula is C16H35NO3S. The predicted octanol–water partition coefficient (Wildman–Crippen LogP) is 5.04. The van der Waals surface area contributed by atoms with Crippen LogP contribution in [0.15, 0.2) is 12.2 Å². The summed E-state index contributed by atoms with van der Waals surface area (Å²) in [5.41, 5.74) is -0.523. The molecule has 0 rings (SSSR count). The van der Waals surface area contributed by atoms with Crippen molar-refractivity contribution in [3.63, 3.8) is 0 Å². The smallest absolute Gasteiger partial charge is 0.408 e. The fraction of sp³-hybridized carbons (Fsp3) is 0.750. The Morgan fingerprint density at radius 3 is 1.86 bits per heavy atom. The first-order chi connectivity index (χ1) is 9.26. The molecule has 0 saturated carbocycles. The van der Waals surface area contributed by atoms with E-state index in [9.17, 15) is 9.59 Å². The molecule has 0 unspecified atom stereocenters. The second-order valence-corrected chi connectivity index (χ2v) is 5.65. The van der Waals surface area contributed by atoms with E-state index in [4.69, 9.17) is 4.74 Å². The zero-order valence-corrected chi connectivity index (χ0v) is 15.0. The Kier molecular flexibility index (Phi) is 25.6. The monoisotopic (exact) mass is 321 g/mol. The van der Waals surface area contributed by atoms with Gasteiger partial charge in [-0.05, 0) is 40.4 Å². The second-order valence-electron chi connectivity index (χ2n) is 4.33. The van der Waals surface area contributed by atoms with Crippen molar-refractivity contribution in [1.82, 2.24) is 5.32 Å². The van der Waals surface area contributed by atoms with Crippen LogP contribution in [-0.2, 0) is 9.53 Å². The fourth-order valence-corrected chi connectivity index (χ4v) is 1.17. The first-order valence-corrected chi connectivity index (χ1v) is 7.95. The Morgan fingerprint density at radius 2 is 1.57 bits per heavy atom. The molecule has 0 aliphatic heterocycles. The maximum atomic E-state index is 11.1. The van der Waals surface area contributed by atoms with Crippen molar-refractivity contribution in [2.24, 2.45) is 0 Å². The van der Waals surface area contributed by atoms with E-state index in [0.717, 1.165) is 5.75 Å². The minimum absolute atomic E-state index is 0. The standard InChI is InChI=1S/C9H17NO3S.C4H8.C2H6.CH4/c1-5-14-7(11)6-10-8(12)13-9(2,3)4;1-3-4-2;1-2;/h5-6H2,1-4H3,(H,10,12);3-4H,1-2H3;1-2H3;1H4. The van der Waals surface area contributed by atoms with Gasteiger partial charge in [0.25, 0.3) is 0 Å². The fourth-order valence-electron chi connectivity index (χ4n) is 0.671. The molecule has 0 atom stereocenters. The number of amides is 1. The van der Waals surface area contributed by atoms with E-state index in [1.54, 1.807) is 20.8 Å². The molecule has 0 aromatic rings. The molecule has 0 aliphatic rings. The van der Waals surface area contributed by atoms with E-state index in [-0.39, 0.29) is 19.1 Å². The van der Waals surface area contributed by atoms with Crippen LogP contribution in [0, 0.1) is 0 Å². The molecule has 0 aromatic heterocycles. The number of thioether (sulfide) groups is 1. The van der Waals surface area contributed by atoms with Crippen molar-refractivity contribution in [1.29, 1.82) is 0 Å². The van der Waals surface area contributed by atoms with E-state index >= 15 is 0 Å². The Labute approximate surface area is 136 Å². The number of carbonyl (C=O) groups excluding carboxylic acids is 2. The van der Waals surface area contributed by atoms with Crippen molar-refractivity contribution in [2.45, 2.75) is 68.4 Å². The van der Waals surface area contributed by atoms with Crippen LogP contribution in [0.1, 0.15) is 62.8 Å². The van der Waals surface area contributed by atoms with Gasteiger partial charge in [-0.2, -0.15) is 0 Å². The van der Waals surface area contributed by atoms with Gasteiger partial charge in [0.1, 0.15) is 5.60 Å². The Morgan fingerprint density at radius 1 is 1.14 bits per heavy atom. The summed E-state index contributed by atoms with van der Waals surface area (Å²) >= 11 is 1.18. The van der Waals surface area contributed by atoms with E-state index in [0.29, 0.717) is 0 Å². The van der Waals surface area contributed by atoms with Crippen LogP contribution in [0.3, 0.4) is 0 Å². The summed E-state index contributed by atoms with van der Waals surface area (Å²) in [6.45, 7) is 15.2. The zero-order chi connectivity index (χ0) is 16.6. The van der Waals surface area contributed by atoms with Gasteiger partial charge in [0.2, 0.25) is 5.12 Å². The Balaban J connectivity index is -0.000000177. The van der Waals surface area contributed by atoms with Crippen molar-refractivity contribution in [3.05, 3.63) is 12.2 Å². The van der Waals surface area contributed by atoms with Crippen molar-refractivity contribution in [2.75, 3.05) is 12.3 Å². The minimum atomic E-state index is -0.553. The van der Waals surface area contributed by atoms with E-state index < -0.39 is 11.7 Å². The molecule has 1 N–H and O–H groups in total. The molecule has 0 heterocycles. The summed E-state index contributed by atoms with van der Waals surface area (Å²) in [5.74, 6) is 0.717. The first kappa shape index (κ1) is 28.2. The highest BCUT2D eigenvalue weighted by Gasteiger charge is 2.16. The topological polar surface area (TPSA) is 55.4 Å². The molecule has 0 bridgehead atoms. The number of ether oxygens (including phenoxy) is 1. The van der Waals surface area contributed by atoms with Crippen molar-refractivity contribution < 1.29 is 14.3 Å². The predicted molar refractivity (Wildman–Crippen MR) is 95.9 cm³/mol. The number of rotatable bonds is 3. The summed E-state index contributed by atoms with van der Waals surface area (Å²) in [5, 5.41) is 2.34. The maximum absolute atomic E-state index is 11.1. The van der Waals surface area contributed by atoms with Crippen LogP contribution in [-0.4, -0.2) is 29.1 Å². The Bertz CT molecular complexity index is 267. The quantitative estimate of drug-likeness (QED) is 0.740. The normalized spacial score (nSPS) is 9.33. The Hall–Kier alpha value is -0.970. The van der Waals surface area contributed by atoms with Gasteiger partial charge < -0.3 is 10.1 Å². The molecule has 0 fully saturated rings.